The van der Waals surface area contributed by atoms with E-state index < -0.39 is 11.8 Å². The van der Waals surface area contributed by atoms with Gasteiger partial charge < -0.3 is 0 Å². The van der Waals surface area contributed by atoms with E-state index >= 15 is 0 Å². The second-order valence-corrected chi connectivity index (χ2v) is 6.06. The Hall–Kier alpha value is -1.24. The van der Waals surface area contributed by atoms with E-state index in [2.05, 4.69) is 31.9 Å². The molecule has 1 N–H and O–H groups in total. The number of carbonyl (C=O) groups is 2. The second kappa shape index (κ2) is 4.13. The fourth-order valence-electron chi connectivity index (χ4n) is 2.29. The van der Waals surface area contributed by atoms with Gasteiger partial charge in [-0.3, -0.25) is 14.8 Å². The summed E-state index contributed by atoms with van der Waals surface area (Å²) >= 11 is 6.81. The Balaban J connectivity index is 2.59. The standard InChI is InChI=1S/C13H7Br2NO3/c1-5-2-8-10-7(11(5)15)3-6(14)4-9(10)13(18)16(19)12(8)17/h2-4,19H,1H3. The van der Waals surface area contributed by atoms with E-state index in [0.29, 0.717) is 21.0 Å². The zero-order chi connectivity index (χ0) is 13.9. The Bertz CT molecular complexity index is 748. The molecule has 0 aromatic heterocycles. The van der Waals surface area contributed by atoms with Gasteiger partial charge in [0.2, 0.25) is 0 Å². The van der Waals surface area contributed by atoms with Crippen molar-refractivity contribution >= 4 is 54.4 Å². The highest BCUT2D eigenvalue weighted by Gasteiger charge is 2.33. The van der Waals surface area contributed by atoms with Crippen LogP contribution in [-0.2, 0) is 0 Å². The number of nitrogens with zero attached hydrogens (tertiary/aromatic N) is 1. The maximum Gasteiger partial charge on any atom is 0.285 e. The molecule has 0 fully saturated rings. The molecule has 2 aromatic rings. The molecule has 0 bridgehead atoms. The third kappa shape index (κ3) is 1.67. The predicted molar refractivity (Wildman–Crippen MR) is 76.4 cm³/mol. The molecule has 19 heavy (non-hydrogen) atoms. The van der Waals surface area contributed by atoms with E-state index in [9.17, 15) is 14.8 Å². The maximum atomic E-state index is 12.0. The van der Waals surface area contributed by atoms with Crippen LogP contribution in [0.25, 0.3) is 10.8 Å². The fourth-order valence-corrected chi connectivity index (χ4v) is 3.18. The Morgan fingerprint density at radius 3 is 2.26 bits per heavy atom. The number of aryl methyl sites for hydroxylation is 1. The van der Waals surface area contributed by atoms with Crippen LogP contribution in [0.15, 0.2) is 27.1 Å². The average molecular weight is 385 g/mol. The number of imide groups is 1. The van der Waals surface area contributed by atoms with E-state index in [4.69, 9.17) is 0 Å². The quantitative estimate of drug-likeness (QED) is 0.557. The molecule has 2 amide bonds. The summed E-state index contributed by atoms with van der Waals surface area (Å²) in [5.41, 5.74) is 1.50. The molecular weight excluding hydrogens is 378 g/mol. The summed E-state index contributed by atoms with van der Waals surface area (Å²) < 4.78 is 1.55. The van der Waals surface area contributed by atoms with E-state index in [1.807, 2.05) is 13.0 Å². The SMILES string of the molecule is Cc1cc2c3c(cc(Br)cc3c1Br)C(=O)N(O)C2=O. The van der Waals surface area contributed by atoms with E-state index in [1.54, 1.807) is 12.1 Å². The van der Waals surface area contributed by atoms with Crippen LogP contribution in [0, 0.1) is 6.92 Å². The topological polar surface area (TPSA) is 57.6 Å². The minimum absolute atomic E-state index is 0.164. The number of amides is 2. The lowest BCUT2D eigenvalue weighted by molar-refractivity contribution is -0.0377. The summed E-state index contributed by atoms with van der Waals surface area (Å²) in [5, 5.41) is 11.1. The normalized spacial score (nSPS) is 14.4. The van der Waals surface area contributed by atoms with Gasteiger partial charge in [-0.05, 0) is 52.0 Å². The molecule has 0 radical (unpaired) electrons. The van der Waals surface area contributed by atoms with Gasteiger partial charge in [0.25, 0.3) is 11.8 Å². The van der Waals surface area contributed by atoms with Crippen LogP contribution in [-0.4, -0.2) is 22.1 Å². The first-order valence-corrected chi connectivity index (χ1v) is 7.00. The monoisotopic (exact) mass is 383 g/mol. The molecular formula is C13H7Br2NO3. The van der Waals surface area contributed by atoms with Crippen molar-refractivity contribution < 1.29 is 14.8 Å². The fraction of sp³-hybridized carbons (Fsp3) is 0.0769. The third-order valence-corrected chi connectivity index (χ3v) is 4.67. The highest BCUT2D eigenvalue weighted by Crippen LogP contribution is 2.37. The minimum Gasteiger partial charge on any atom is -0.278 e. The molecule has 0 aliphatic carbocycles. The zero-order valence-corrected chi connectivity index (χ0v) is 12.9. The summed E-state index contributed by atoms with van der Waals surface area (Å²) in [6, 6.07) is 5.11. The Morgan fingerprint density at radius 2 is 1.63 bits per heavy atom. The van der Waals surface area contributed by atoms with Crippen LogP contribution >= 0.6 is 31.9 Å². The summed E-state index contributed by atoms with van der Waals surface area (Å²) in [6.45, 7) is 1.85. The van der Waals surface area contributed by atoms with Crippen LogP contribution < -0.4 is 0 Å². The maximum absolute atomic E-state index is 12.0. The summed E-state index contributed by atoms with van der Waals surface area (Å²) in [6.07, 6.45) is 0. The number of benzene rings is 2. The van der Waals surface area contributed by atoms with Crippen LogP contribution in [0.2, 0.25) is 0 Å². The highest BCUT2D eigenvalue weighted by atomic mass is 79.9. The van der Waals surface area contributed by atoms with Crippen LogP contribution in [0.1, 0.15) is 26.3 Å². The summed E-state index contributed by atoms with van der Waals surface area (Å²) in [5.74, 6) is -1.40. The van der Waals surface area contributed by atoms with Crippen molar-refractivity contribution in [3.8, 4) is 0 Å². The van der Waals surface area contributed by atoms with E-state index in [-0.39, 0.29) is 5.06 Å². The van der Waals surface area contributed by atoms with E-state index in [0.717, 1.165) is 15.4 Å². The van der Waals surface area contributed by atoms with Crippen molar-refractivity contribution in [3.63, 3.8) is 0 Å². The Labute approximate surface area is 125 Å². The number of carbonyl (C=O) groups excluding carboxylic acids is 2. The minimum atomic E-state index is -0.709. The third-order valence-electron chi connectivity index (χ3n) is 3.16. The number of rotatable bonds is 0. The van der Waals surface area contributed by atoms with Crippen molar-refractivity contribution in [3.05, 3.63) is 43.8 Å². The van der Waals surface area contributed by atoms with Gasteiger partial charge in [0, 0.05) is 14.3 Å². The molecule has 0 unspecified atom stereocenters. The van der Waals surface area contributed by atoms with Crippen molar-refractivity contribution in [2.45, 2.75) is 6.92 Å². The molecule has 96 valence electrons. The van der Waals surface area contributed by atoms with E-state index in [1.165, 1.54) is 0 Å². The van der Waals surface area contributed by atoms with Gasteiger partial charge in [0.05, 0.1) is 11.1 Å². The average Bonchev–Trinajstić information content (AvgIpc) is 2.38. The molecule has 2 aromatic carbocycles. The van der Waals surface area contributed by atoms with Gasteiger partial charge in [0.1, 0.15) is 0 Å². The molecule has 1 aliphatic rings. The number of hydrogen-bond donors (Lipinski definition) is 1. The lowest BCUT2D eigenvalue weighted by Gasteiger charge is -2.23. The molecule has 6 heteroatoms. The largest absolute Gasteiger partial charge is 0.285 e. The van der Waals surface area contributed by atoms with Gasteiger partial charge in [-0.2, -0.15) is 0 Å². The summed E-state index contributed by atoms with van der Waals surface area (Å²) in [4.78, 5) is 24.0. The van der Waals surface area contributed by atoms with Gasteiger partial charge in [-0.15, -0.1) is 5.06 Å². The van der Waals surface area contributed by atoms with Gasteiger partial charge in [0.15, 0.2) is 0 Å². The van der Waals surface area contributed by atoms with Crippen molar-refractivity contribution in [2.75, 3.05) is 0 Å². The van der Waals surface area contributed by atoms with Crippen LogP contribution in [0.5, 0.6) is 0 Å². The lowest BCUT2D eigenvalue weighted by Crippen LogP contribution is -2.37. The Morgan fingerprint density at radius 1 is 1.05 bits per heavy atom. The molecule has 1 heterocycles. The lowest BCUT2D eigenvalue weighted by atomic mass is 9.93. The van der Waals surface area contributed by atoms with Crippen LogP contribution in [0.4, 0.5) is 0 Å². The molecule has 1 aliphatic heterocycles. The number of hydroxylamine groups is 2. The first-order chi connectivity index (χ1) is 8.91. The molecule has 0 saturated heterocycles. The summed E-state index contributed by atoms with van der Waals surface area (Å²) in [7, 11) is 0. The smallest absolute Gasteiger partial charge is 0.278 e. The molecule has 0 atom stereocenters. The van der Waals surface area contributed by atoms with Gasteiger partial charge >= 0.3 is 0 Å². The van der Waals surface area contributed by atoms with Crippen molar-refractivity contribution in [1.29, 1.82) is 0 Å². The predicted octanol–water partition coefficient (Wildman–Crippen LogP) is 3.66. The Kier molecular flexibility index (Phi) is 2.78. The first kappa shape index (κ1) is 12.8. The molecule has 3 rings (SSSR count). The zero-order valence-electron chi connectivity index (χ0n) is 9.70. The van der Waals surface area contributed by atoms with Gasteiger partial charge in [-0.1, -0.05) is 15.9 Å². The molecule has 0 spiro atoms. The van der Waals surface area contributed by atoms with Crippen molar-refractivity contribution in [1.82, 2.24) is 5.06 Å². The van der Waals surface area contributed by atoms with Gasteiger partial charge in [-0.25, -0.2) is 0 Å². The van der Waals surface area contributed by atoms with Crippen molar-refractivity contribution in [2.24, 2.45) is 0 Å². The molecule has 0 saturated carbocycles. The second-order valence-electron chi connectivity index (χ2n) is 4.35. The first-order valence-electron chi connectivity index (χ1n) is 5.42. The van der Waals surface area contributed by atoms with Crippen LogP contribution in [0.3, 0.4) is 0 Å². The molecule has 4 nitrogen and oxygen atoms in total. The number of hydrogen-bond acceptors (Lipinski definition) is 3. The number of halogens is 2. The highest BCUT2D eigenvalue weighted by molar-refractivity contribution is 9.11.